The van der Waals surface area contributed by atoms with Crippen LogP contribution in [0.3, 0.4) is 0 Å². The lowest BCUT2D eigenvalue weighted by Gasteiger charge is -2.19. The average molecular weight is 347 g/mol. The Balaban J connectivity index is 3.22. The highest BCUT2D eigenvalue weighted by Crippen LogP contribution is 2.31. The third kappa shape index (κ3) is 3.24. The average Bonchev–Trinajstić information content (AvgIpc) is 2.19. The number of halogens is 1. The quantitative estimate of drug-likeness (QED) is 0.476. The number of benzene rings is 1. The Kier molecular flexibility index (Phi) is 4.62. The molecule has 1 rings (SSSR count). The summed E-state index contributed by atoms with van der Waals surface area (Å²) in [5, 5.41) is 10.6. The van der Waals surface area contributed by atoms with Gasteiger partial charge in [-0.25, -0.2) is 0 Å². The molecule has 0 N–H and O–H groups in total. The number of ketones is 1. The van der Waals surface area contributed by atoms with Crippen LogP contribution >= 0.6 is 22.6 Å². The highest BCUT2D eigenvalue weighted by molar-refractivity contribution is 14.1. The fraction of sp³-hybridized carbons (Fsp3) is 0.417. The SMILES string of the molecule is CC(=O)C(c1ccc([N+](=O)[O-])cc1I)C(C)C. The first-order chi connectivity index (χ1) is 7.84. The largest absolute Gasteiger partial charge is 0.299 e. The van der Waals surface area contributed by atoms with Gasteiger partial charge in [0.1, 0.15) is 5.78 Å². The van der Waals surface area contributed by atoms with Crippen LogP contribution in [-0.2, 0) is 4.79 Å². The summed E-state index contributed by atoms with van der Waals surface area (Å²) in [7, 11) is 0. The molecule has 17 heavy (non-hydrogen) atoms. The maximum Gasteiger partial charge on any atom is 0.270 e. The highest BCUT2D eigenvalue weighted by atomic mass is 127. The van der Waals surface area contributed by atoms with Gasteiger partial charge in [0.25, 0.3) is 5.69 Å². The van der Waals surface area contributed by atoms with Gasteiger partial charge >= 0.3 is 0 Å². The minimum Gasteiger partial charge on any atom is -0.299 e. The molecule has 1 unspecified atom stereocenters. The lowest BCUT2D eigenvalue weighted by atomic mass is 9.85. The number of nitro groups is 1. The molecule has 0 aromatic heterocycles. The number of non-ortho nitro benzene ring substituents is 1. The second kappa shape index (κ2) is 5.57. The predicted molar refractivity (Wildman–Crippen MR) is 74.1 cm³/mol. The summed E-state index contributed by atoms with van der Waals surface area (Å²) < 4.78 is 0.769. The van der Waals surface area contributed by atoms with Crippen LogP contribution in [0.4, 0.5) is 5.69 Å². The van der Waals surface area contributed by atoms with Gasteiger partial charge in [0, 0.05) is 21.6 Å². The molecule has 0 aliphatic heterocycles. The summed E-state index contributed by atoms with van der Waals surface area (Å²) in [6.07, 6.45) is 0. The third-order valence-corrected chi connectivity index (χ3v) is 3.57. The van der Waals surface area contributed by atoms with Crippen molar-refractivity contribution in [2.45, 2.75) is 26.7 Å². The Morgan fingerprint density at radius 3 is 2.35 bits per heavy atom. The van der Waals surface area contributed by atoms with Crippen molar-refractivity contribution in [3.05, 3.63) is 37.4 Å². The predicted octanol–water partition coefficient (Wildman–Crippen LogP) is 3.53. The van der Waals surface area contributed by atoms with Crippen molar-refractivity contribution in [1.82, 2.24) is 0 Å². The molecule has 0 bridgehead atoms. The van der Waals surface area contributed by atoms with Crippen LogP contribution in [0, 0.1) is 19.6 Å². The number of carbonyl (C=O) groups is 1. The molecule has 92 valence electrons. The molecule has 4 nitrogen and oxygen atoms in total. The maximum absolute atomic E-state index is 11.6. The summed E-state index contributed by atoms with van der Waals surface area (Å²) in [6.45, 7) is 5.51. The molecule has 0 heterocycles. The molecule has 0 spiro atoms. The summed E-state index contributed by atoms with van der Waals surface area (Å²) in [6, 6.07) is 4.65. The lowest BCUT2D eigenvalue weighted by molar-refractivity contribution is -0.385. The van der Waals surface area contributed by atoms with Crippen molar-refractivity contribution < 1.29 is 9.72 Å². The van der Waals surface area contributed by atoms with Crippen molar-refractivity contribution in [3.63, 3.8) is 0 Å². The topological polar surface area (TPSA) is 60.2 Å². The Bertz CT molecular complexity index is 457. The van der Waals surface area contributed by atoms with Gasteiger partial charge in [0.15, 0.2) is 0 Å². The summed E-state index contributed by atoms with van der Waals surface area (Å²) >= 11 is 2.04. The van der Waals surface area contributed by atoms with Gasteiger partial charge in [-0.05, 0) is 41.0 Å². The monoisotopic (exact) mass is 347 g/mol. The number of carbonyl (C=O) groups excluding carboxylic acids is 1. The van der Waals surface area contributed by atoms with Crippen LogP contribution < -0.4 is 0 Å². The zero-order chi connectivity index (χ0) is 13.2. The van der Waals surface area contributed by atoms with Crippen LogP contribution in [0.25, 0.3) is 0 Å². The van der Waals surface area contributed by atoms with Gasteiger partial charge in [0.2, 0.25) is 0 Å². The highest BCUT2D eigenvalue weighted by Gasteiger charge is 2.23. The smallest absolute Gasteiger partial charge is 0.270 e. The number of nitrogens with zero attached hydrogens (tertiary/aromatic N) is 1. The molecule has 5 heteroatoms. The zero-order valence-electron chi connectivity index (χ0n) is 9.94. The standard InChI is InChI=1S/C12H14INO3/c1-7(2)12(8(3)15)10-5-4-9(14(16)17)6-11(10)13/h4-7,12H,1-3H3. The second-order valence-corrected chi connectivity index (χ2v) is 5.46. The van der Waals surface area contributed by atoms with E-state index in [1.807, 2.05) is 36.4 Å². The van der Waals surface area contributed by atoms with Crippen molar-refractivity contribution >= 4 is 34.1 Å². The Morgan fingerprint density at radius 2 is 2.00 bits per heavy atom. The minimum absolute atomic E-state index is 0.0595. The Labute approximate surface area is 114 Å². The Hall–Kier alpha value is -0.980. The van der Waals surface area contributed by atoms with Gasteiger partial charge in [-0.2, -0.15) is 0 Å². The first-order valence-electron chi connectivity index (χ1n) is 5.29. The summed E-state index contributed by atoms with van der Waals surface area (Å²) in [5.41, 5.74) is 0.933. The molecule has 0 saturated carbocycles. The van der Waals surface area contributed by atoms with Crippen molar-refractivity contribution in [2.75, 3.05) is 0 Å². The van der Waals surface area contributed by atoms with E-state index in [1.165, 1.54) is 12.1 Å². The number of nitro benzene ring substituents is 1. The van der Waals surface area contributed by atoms with Crippen LogP contribution in [-0.4, -0.2) is 10.7 Å². The maximum atomic E-state index is 11.6. The van der Waals surface area contributed by atoms with Crippen LogP contribution in [0.15, 0.2) is 18.2 Å². The summed E-state index contributed by atoms with van der Waals surface area (Å²) in [4.78, 5) is 21.8. The molecule has 0 aliphatic carbocycles. The second-order valence-electron chi connectivity index (χ2n) is 4.30. The van der Waals surface area contributed by atoms with E-state index in [4.69, 9.17) is 0 Å². The van der Waals surface area contributed by atoms with E-state index in [1.54, 1.807) is 13.0 Å². The van der Waals surface area contributed by atoms with Crippen molar-refractivity contribution in [1.29, 1.82) is 0 Å². The van der Waals surface area contributed by atoms with E-state index in [2.05, 4.69) is 0 Å². The van der Waals surface area contributed by atoms with E-state index in [-0.39, 0.29) is 23.3 Å². The molecule has 1 aromatic rings. The van der Waals surface area contributed by atoms with Crippen molar-refractivity contribution in [3.8, 4) is 0 Å². The van der Waals surface area contributed by atoms with E-state index in [9.17, 15) is 14.9 Å². The molecule has 0 fully saturated rings. The zero-order valence-corrected chi connectivity index (χ0v) is 12.1. The van der Waals surface area contributed by atoms with E-state index in [0.717, 1.165) is 9.13 Å². The molecule has 0 saturated heterocycles. The van der Waals surface area contributed by atoms with E-state index < -0.39 is 4.92 Å². The van der Waals surface area contributed by atoms with E-state index in [0.29, 0.717) is 0 Å². The van der Waals surface area contributed by atoms with Gasteiger partial charge in [-0.3, -0.25) is 14.9 Å². The molecular weight excluding hydrogens is 333 g/mol. The molecule has 0 amide bonds. The number of Topliss-reactive ketones (excluding diaryl/α,β-unsaturated/α-hetero) is 1. The number of hydrogen-bond acceptors (Lipinski definition) is 3. The first kappa shape index (κ1) is 14.1. The third-order valence-electron chi connectivity index (χ3n) is 2.63. The van der Waals surface area contributed by atoms with Crippen LogP contribution in [0.2, 0.25) is 0 Å². The summed E-state index contributed by atoms with van der Waals surface area (Å²) in [5.74, 6) is 0.0805. The molecule has 1 atom stereocenters. The fourth-order valence-electron chi connectivity index (χ4n) is 1.93. The van der Waals surface area contributed by atoms with Crippen LogP contribution in [0.5, 0.6) is 0 Å². The first-order valence-corrected chi connectivity index (χ1v) is 6.36. The normalized spacial score (nSPS) is 12.5. The molecule has 0 radical (unpaired) electrons. The van der Waals surface area contributed by atoms with Gasteiger partial charge in [-0.15, -0.1) is 0 Å². The molecule has 0 aliphatic rings. The number of rotatable bonds is 4. The molecule has 1 aromatic carbocycles. The van der Waals surface area contributed by atoms with Crippen LogP contribution in [0.1, 0.15) is 32.3 Å². The minimum atomic E-state index is -0.426. The lowest BCUT2D eigenvalue weighted by Crippen LogP contribution is -2.16. The Morgan fingerprint density at radius 1 is 1.41 bits per heavy atom. The van der Waals surface area contributed by atoms with Gasteiger partial charge < -0.3 is 0 Å². The van der Waals surface area contributed by atoms with Crippen molar-refractivity contribution in [2.24, 2.45) is 5.92 Å². The van der Waals surface area contributed by atoms with Gasteiger partial charge in [-0.1, -0.05) is 19.9 Å². The van der Waals surface area contributed by atoms with Gasteiger partial charge in [0.05, 0.1) is 4.92 Å². The molecular formula is C12H14INO3. The van der Waals surface area contributed by atoms with E-state index >= 15 is 0 Å². The number of hydrogen-bond donors (Lipinski definition) is 0. The fourth-order valence-corrected chi connectivity index (χ4v) is 2.76.